The molecule has 0 aliphatic carbocycles. The molecule has 0 fully saturated rings. The van der Waals surface area contributed by atoms with Crippen molar-refractivity contribution in [1.82, 2.24) is 5.32 Å². The summed E-state index contributed by atoms with van der Waals surface area (Å²) < 4.78 is 10.6. The predicted octanol–water partition coefficient (Wildman–Crippen LogP) is 1.93. The van der Waals surface area contributed by atoms with Crippen LogP contribution < -0.4 is 5.32 Å². The Morgan fingerprint density at radius 3 is 2.31 bits per heavy atom. The van der Waals surface area contributed by atoms with E-state index in [2.05, 4.69) is 5.32 Å². The van der Waals surface area contributed by atoms with Crippen LogP contribution in [-0.2, 0) is 19.1 Å². The van der Waals surface area contributed by atoms with E-state index in [1.54, 1.807) is 60.7 Å². The summed E-state index contributed by atoms with van der Waals surface area (Å²) in [5, 5.41) is 13.7. The van der Waals surface area contributed by atoms with E-state index in [0.29, 0.717) is 11.1 Å². The van der Waals surface area contributed by atoms with Crippen molar-refractivity contribution in [2.24, 2.45) is 0 Å². The van der Waals surface area contributed by atoms with E-state index in [9.17, 15) is 19.5 Å². The number of hydrogen-bond donors (Lipinski definition) is 2. The average Bonchev–Trinajstić information content (AvgIpc) is 2.73. The lowest BCUT2D eigenvalue weighted by atomic mass is 9.93. The molecule has 2 N–H and O–H groups in total. The Bertz CT molecular complexity index is 896. The van der Waals surface area contributed by atoms with Crippen LogP contribution in [0.25, 0.3) is 0 Å². The molecule has 4 atom stereocenters. The van der Waals surface area contributed by atoms with Crippen molar-refractivity contribution in [3.05, 3.63) is 83.9 Å². The van der Waals surface area contributed by atoms with Crippen LogP contribution in [0.15, 0.2) is 72.8 Å². The summed E-state index contributed by atoms with van der Waals surface area (Å²) in [7, 11) is 0. The summed E-state index contributed by atoms with van der Waals surface area (Å²) in [6.45, 7) is 1.23. The molecule has 0 radical (unpaired) electrons. The van der Waals surface area contributed by atoms with Gasteiger partial charge in [-0.3, -0.25) is 9.59 Å². The van der Waals surface area contributed by atoms with Crippen LogP contribution in [0.3, 0.4) is 0 Å². The number of carbonyl (C=O) groups is 3. The van der Waals surface area contributed by atoms with Crippen molar-refractivity contribution in [1.29, 1.82) is 0 Å². The maximum atomic E-state index is 12.8. The molecule has 29 heavy (non-hydrogen) atoms. The fourth-order valence-corrected chi connectivity index (χ4v) is 3.12. The lowest BCUT2D eigenvalue weighted by Gasteiger charge is -2.36. The van der Waals surface area contributed by atoms with E-state index in [-0.39, 0.29) is 0 Å². The summed E-state index contributed by atoms with van der Waals surface area (Å²) in [6, 6.07) is 16.0. The number of amides is 1. The van der Waals surface area contributed by atoms with Crippen LogP contribution in [0.5, 0.6) is 0 Å². The number of nitrogens with one attached hydrogen (secondary N) is 1. The SMILES string of the molecule is CC(=O)O[C@H]1C=CC(=O)O[C@H]1[C@H](NC(=O)c1ccccc1)[C@H](O)c1ccccc1. The Hall–Kier alpha value is -3.45. The fraction of sp³-hybridized carbons (Fsp3) is 0.227. The first-order valence-electron chi connectivity index (χ1n) is 9.10. The molecular formula is C22H21NO6. The van der Waals surface area contributed by atoms with E-state index in [1.807, 2.05) is 0 Å². The van der Waals surface area contributed by atoms with Gasteiger partial charge in [0.05, 0.1) is 0 Å². The van der Waals surface area contributed by atoms with E-state index in [0.717, 1.165) is 6.08 Å². The molecule has 7 nitrogen and oxygen atoms in total. The van der Waals surface area contributed by atoms with Crippen LogP contribution in [0, 0.1) is 0 Å². The zero-order valence-corrected chi connectivity index (χ0v) is 15.7. The van der Waals surface area contributed by atoms with Crippen molar-refractivity contribution >= 4 is 17.8 Å². The summed E-state index contributed by atoms with van der Waals surface area (Å²) in [4.78, 5) is 36.1. The van der Waals surface area contributed by atoms with Crippen LogP contribution in [0.2, 0.25) is 0 Å². The van der Waals surface area contributed by atoms with Crippen molar-refractivity contribution in [2.45, 2.75) is 31.3 Å². The average molecular weight is 395 g/mol. The van der Waals surface area contributed by atoms with E-state index >= 15 is 0 Å². The predicted molar refractivity (Wildman–Crippen MR) is 104 cm³/mol. The number of benzene rings is 2. The largest absolute Gasteiger partial charge is 0.454 e. The molecule has 0 aromatic heterocycles. The summed E-state index contributed by atoms with van der Waals surface area (Å²) in [6.07, 6.45) is -0.748. The Kier molecular flexibility index (Phi) is 6.41. The van der Waals surface area contributed by atoms with Gasteiger partial charge in [0.25, 0.3) is 5.91 Å². The van der Waals surface area contributed by atoms with E-state index < -0.39 is 42.2 Å². The standard InChI is InChI=1S/C22H21NO6/c1-14(24)28-17-12-13-18(25)29-21(17)19(20(26)15-8-4-2-5-9-15)23-22(27)16-10-6-3-7-11-16/h2-13,17,19-21,26H,1H3,(H,23,27)/t17-,19+,20+,21+/m0/s1. The van der Waals surface area contributed by atoms with Crippen LogP contribution >= 0.6 is 0 Å². The maximum absolute atomic E-state index is 12.8. The Labute approximate surface area is 167 Å². The topological polar surface area (TPSA) is 102 Å². The van der Waals surface area contributed by atoms with Crippen molar-refractivity contribution < 1.29 is 29.0 Å². The third-order valence-corrected chi connectivity index (χ3v) is 4.47. The molecule has 0 saturated heterocycles. The molecule has 0 saturated carbocycles. The minimum Gasteiger partial charge on any atom is -0.454 e. The lowest BCUT2D eigenvalue weighted by molar-refractivity contribution is -0.166. The second-order valence-corrected chi connectivity index (χ2v) is 6.56. The van der Waals surface area contributed by atoms with Gasteiger partial charge in [0.2, 0.25) is 0 Å². The first-order chi connectivity index (χ1) is 14.0. The normalized spacial score (nSPS) is 20.3. The Balaban J connectivity index is 1.94. The van der Waals surface area contributed by atoms with Gasteiger partial charge in [0.1, 0.15) is 12.1 Å². The Morgan fingerprint density at radius 1 is 1.07 bits per heavy atom. The lowest BCUT2D eigenvalue weighted by Crippen LogP contribution is -2.55. The second-order valence-electron chi connectivity index (χ2n) is 6.56. The van der Waals surface area contributed by atoms with Crippen LogP contribution in [0.1, 0.15) is 28.9 Å². The number of aliphatic hydroxyl groups is 1. The smallest absolute Gasteiger partial charge is 0.331 e. The van der Waals surface area contributed by atoms with Gasteiger partial charge >= 0.3 is 11.9 Å². The first-order valence-corrected chi connectivity index (χ1v) is 9.10. The highest BCUT2D eigenvalue weighted by molar-refractivity contribution is 5.94. The highest BCUT2D eigenvalue weighted by Crippen LogP contribution is 2.26. The van der Waals surface area contributed by atoms with Gasteiger partial charge in [0.15, 0.2) is 12.2 Å². The van der Waals surface area contributed by atoms with Gasteiger partial charge < -0.3 is 19.9 Å². The van der Waals surface area contributed by atoms with E-state index in [4.69, 9.17) is 9.47 Å². The molecule has 0 unspecified atom stereocenters. The van der Waals surface area contributed by atoms with Gasteiger partial charge in [-0.05, 0) is 23.8 Å². The maximum Gasteiger partial charge on any atom is 0.331 e. The number of carbonyl (C=O) groups excluding carboxylic acids is 3. The first kappa shape index (κ1) is 20.3. The molecule has 1 amide bonds. The van der Waals surface area contributed by atoms with Gasteiger partial charge in [-0.2, -0.15) is 0 Å². The molecule has 0 spiro atoms. The van der Waals surface area contributed by atoms with Crippen LogP contribution in [0.4, 0.5) is 0 Å². The van der Waals surface area contributed by atoms with Gasteiger partial charge in [-0.1, -0.05) is 48.5 Å². The summed E-state index contributed by atoms with van der Waals surface area (Å²) in [5.41, 5.74) is 0.887. The quantitative estimate of drug-likeness (QED) is 0.725. The highest BCUT2D eigenvalue weighted by atomic mass is 16.6. The molecule has 1 aliphatic rings. The fourth-order valence-electron chi connectivity index (χ4n) is 3.12. The molecule has 2 aromatic carbocycles. The molecule has 7 heteroatoms. The van der Waals surface area contributed by atoms with Crippen molar-refractivity contribution in [2.75, 3.05) is 0 Å². The number of ether oxygens (including phenoxy) is 2. The van der Waals surface area contributed by atoms with Gasteiger partial charge in [-0.25, -0.2) is 4.79 Å². The number of esters is 2. The monoisotopic (exact) mass is 395 g/mol. The third-order valence-electron chi connectivity index (χ3n) is 4.47. The molecule has 150 valence electrons. The third kappa shape index (κ3) is 5.08. The number of hydrogen-bond acceptors (Lipinski definition) is 6. The molecule has 0 bridgehead atoms. The van der Waals surface area contributed by atoms with Crippen LogP contribution in [-0.4, -0.2) is 41.2 Å². The number of aliphatic hydroxyl groups excluding tert-OH is 1. The molecule has 1 heterocycles. The second kappa shape index (κ2) is 9.16. The highest BCUT2D eigenvalue weighted by Gasteiger charge is 2.41. The van der Waals surface area contributed by atoms with Gasteiger partial charge in [0, 0.05) is 18.6 Å². The number of rotatable bonds is 6. The molecule has 3 rings (SSSR count). The Morgan fingerprint density at radius 2 is 1.69 bits per heavy atom. The van der Waals surface area contributed by atoms with Crippen molar-refractivity contribution in [3.8, 4) is 0 Å². The van der Waals surface area contributed by atoms with Crippen molar-refractivity contribution in [3.63, 3.8) is 0 Å². The summed E-state index contributed by atoms with van der Waals surface area (Å²) in [5.74, 6) is -1.69. The van der Waals surface area contributed by atoms with Gasteiger partial charge in [-0.15, -0.1) is 0 Å². The molecule has 1 aliphatic heterocycles. The summed E-state index contributed by atoms with van der Waals surface area (Å²) >= 11 is 0. The zero-order valence-electron chi connectivity index (χ0n) is 15.7. The minimum atomic E-state index is -1.22. The molecule has 2 aromatic rings. The molecular weight excluding hydrogens is 374 g/mol. The van der Waals surface area contributed by atoms with E-state index in [1.165, 1.54) is 13.0 Å². The number of cyclic esters (lactones) is 1. The minimum absolute atomic E-state index is 0.375. The zero-order chi connectivity index (χ0) is 20.8.